The summed E-state index contributed by atoms with van der Waals surface area (Å²) in [5.74, 6) is 0.951. The molecule has 0 radical (unpaired) electrons. The van der Waals surface area contributed by atoms with Crippen LogP contribution in [0.3, 0.4) is 0 Å². The summed E-state index contributed by atoms with van der Waals surface area (Å²) < 4.78 is 0. The Morgan fingerprint density at radius 2 is 1.88 bits per heavy atom. The highest BCUT2D eigenvalue weighted by Gasteiger charge is 2.22. The van der Waals surface area contributed by atoms with E-state index >= 15 is 0 Å². The van der Waals surface area contributed by atoms with E-state index in [1.165, 1.54) is 11.3 Å². The standard InChI is InChI=1S/C21H26N4O/c1-22-21(25-15-13-18-10-6-7-11-19(18)25)23-14-12-20(26)24(2)16-17-8-4-3-5-9-17/h3-11H,12-16H2,1-2H3,(H,22,23). The van der Waals surface area contributed by atoms with E-state index in [1.807, 2.05) is 43.4 Å². The number of guanidine groups is 1. The second-order valence-electron chi connectivity index (χ2n) is 6.49. The van der Waals surface area contributed by atoms with E-state index in [0.717, 1.165) is 24.5 Å². The average molecular weight is 350 g/mol. The lowest BCUT2D eigenvalue weighted by Crippen LogP contribution is -2.42. The molecule has 2 aromatic rings. The van der Waals surface area contributed by atoms with Crippen molar-refractivity contribution in [3.63, 3.8) is 0 Å². The number of hydrogen-bond acceptors (Lipinski definition) is 2. The summed E-state index contributed by atoms with van der Waals surface area (Å²) in [5.41, 5.74) is 3.68. The Labute approximate surface area is 155 Å². The van der Waals surface area contributed by atoms with Gasteiger partial charge in [-0.1, -0.05) is 48.5 Å². The number of nitrogens with one attached hydrogen (secondary N) is 1. The second kappa shape index (κ2) is 8.52. The molecule has 3 rings (SSSR count). The fourth-order valence-electron chi connectivity index (χ4n) is 3.27. The van der Waals surface area contributed by atoms with Crippen molar-refractivity contribution in [2.75, 3.05) is 32.1 Å². The molecular formula is C21H26N4O. The maximum absolute atomic E-state index is 12.4. The molecular weight excluding hydrogens is 324 g/mol. The van der Waals surface area contributed by atoms with E-state index in [2.05, 4.69) is 33.4 Å². The van der Waals surface area contributed by atoms with Crippen molar-refractivity contribution in [3.05, 3.63) is 65.7 Å². The van der Waals surface area contributed by atoms with Gasteiger partial charge in [-0.15, -0.1) is 0 Å². The van der Waals surface area contributed by atoms with Crippen LogP contribution in [0.15, 0.2) is 59.6 Å². The van der Waals surface area contributed by atoms with Gasteiger partial charge in [0.25, 0.3) is 0 Å². The minimum Gasteiger partial charge on any atom is -0.355 e. The van der Waals surface area contributed by atoms with Crippen LogP contribution < -0.4 is 10.2 Å². The highest BCUT2D eigenvalue weighted by molar-refractivity contribution is 5.98. The minimum atomic E-state index is 0.124. The molecule has 0 aromatic heterocycles. The highest BCUT2D eigenvalue weighted by Crippen LogP contribution is 2.27. The van der Waals surface area contributed by atoms with Gasteiger partial charge < -0.3 is 15.1 Å². The number of carbonyl (C=O) groups excluding carboxylic acids is 1. The van der Waals surface area contributed by atoms with E-state index in [9.17, 15) is 4.79 Å². The molecule has 26 heavy (non-hydrogen) atoms. The molecule has 0 bridgehead atoms. The molecule has 2 aromatic carbocycles. The molecule has 1 aliphatic heterocycles. The van der Waals surface area contributed by atoms with E-state index in [1.54, 1.807) is 11.9 Å². The van der Waals surface area contributed by atoms with Gasteiger partial charge in [-0.05, 0) is 23.6 Å². The molecule has 1 heterocycles. The van der Waals surface area contributed by atoms with Gasteiger partial charge in [-0.3, -0.25) is 9.79 Å². The summed E-state index contributed by atoms with van der Waals surface area (Å²) in [6, 6.07) is 18.4. The first kappa shape index (κ1) is 18.0. The third-order valence-corrected chi connectivity index (χ3v) is 4.66. The number of carbonyl (C=O) groups is 1. The number of fused-ring (bicyclic) bond motifs is 1. The summed E-state index contributed by atoms with van der Waals surface area (Å²) in [6.07, 6.45) is 1.47. The smallest absolute Gasteiger partial charge is 0.224 e. The van der Waals surface area contributed by atoms with Crippen LogP contribution in [0.4, 0.5) is 5.69 Å². The predicted octanol–water partition coefficient (Wildman–Crippen LogP) is 2.67. The zero-order valence-corrected chi connectivity index (χ0v) is 15.5. The summed E-state index contributed by atoms with van der Waals surface area (Å²) >= 11 is 0. The van der Waals surface area contributed by atoms with Crippen LogP contribution in [0.2, 0.25) is 0 Å². The average Bonchev–Trinajstić information content (AvgIpc) is 3.10. The van der Waals surface area contributed by atoms with Crippen LogP contribution in [0.5, 0.6) is 0 Å². The van der Waals surface area contributed by atoms with Crippen molar-refractivity contribution >= 4 is 17.6 Å². The zero-order chi connectivity index (χ0) is 18.4. The number of rotatable bonds is 5. The summed E-state index contributed by atoms with van der Waals surface area (Å²) in [7, 11) is 3.63. The van der Waals surface area contributed by atoms with Gasteiger partial charge in [-0.25, -0.2) is 0 Å². The topological polar surface area (TPSA) is 47.9 Å². The number of benzene rings is 2. The van der Waals surface area contributed by atoms with E-state index in [4.69, 9.17) is 0 Å². The van der Waals surface area contributed by atoms with E-state index < -0.39 is 0 Å². The molecule has 136 valence electrons. The van der Waals surface area contributed by atoms with Gasteiger partial charge in [0.05, 0.1) is 0 Å². The fraction of sp³-hybridized carbons (Fsp3) is 0.333. The molecule has 0 fully saturated rings. The van der Waals surface area contributed by atoms with Crippen molar-refractivity contribution < 1.29 is 4.79 Å². The van der Waals surface area contributed by atoms with Crippen LogP contribution in [0, 0.1) is 0 Å². The Hall–Kier alpha value is -2.82. The second-order valence-corrected chi connectivity index (χ2v) is 6.49. The third-order valence-electron chi connectivity index (χ3n) is 4.66. The number of anilines is 1. The van der Waals surface area contributed by atoms with Crippen LogP contribution >= 0.6 is 0 Å². The maximum Gasteiger partial charge on any atom is 0.224 e. The number of hydrogen-bond donors (Lipinski definition) is 1. The molecule has 0 aliphatic carbocycles. The molecule has 1 aliphatic rings. The van der Waals surface area contributed by atoms with E-state index in [-0.39, 0.29) is 5.91 Å². The SMILES string of the molecule is CN=C(NCCC(=O)N(C)Cc1ccccc1)N1CCc2ccccc21. The van der Waals surface area contributed by atoms with Crippen molar-refractivity contribution in [1.82, 2.24) is 10.2 Å². The van der Waals surface area contributed by atoms with E-state index in [0.29, 0.717) is 19.5 Å². The summed E-state index contributed by atoms with van der Waals surface area (Å²) in [5, 5.41) is 3.33. The third kappa shape index (κ3) is 4.23. The summed E-state index contributed by atoms with van der Waals surface area (Å²) in [4.78, 5) is 20.7. The molecule has 0 atom stereocenters. The highest BCUT2D eigenvalue weighted by atomic mass is 16.2. The quantitative estimate of drug-likeness (QED) is 0.666. The van der Waals surface area contributed by atoms with Crippen LogP contribution in [-0.4, -0.2) is 44.0 Å². The normalized spacial score (nSPS) is 13.5. The first-order valence-electron chi connectivity index (χ1n) is 9.03. The molecule has 5 nitrogen and oxygen atoms in total. The van der Waals surface area contributed by atoms with Crippen molar-refractivity contribution in [2.24, 2.45) is 4.99 Å². The number of para-hydroxylation sites is 1. The summed E-state index contributed by atoms with van der Waals surface area (Å²) in [6.45, 7) is 2.12. The monoisotopic (exact) mass is 350 g/mol. The Morgan fingerprint density at radius 3 is 2.65 bits per heavy atom. The Bertz CT molecular complexity index is 773. The van der Waals surface area contributed by atoms with Gasteiger partial charge in [0.15, 0.2) is 5.96 Å². The number of amides is 1. The fourth-order valence-corrected chi connectivity index (χ4v) is 3.27. The number of aliphatic imine (C=N–C) groups is 1. The Kier molecular flexibility index (Phi) is 5.89. The molecule has 0 saturated carbocycles. The van der Waals surface area contributed by atoms with Gasteiger partial charge in [0.2, 0.25) is 5.91 Å². The first-order chi connectivity index (χ1) is 12.7. The molecule has 1 amide bonds. The van der Waals surface area contributed by atoms with Gasteiger partial charge in [0, 0.05) is 45.8 Å². The molecule has 0 spiro atoms. The zero-order valence-electron chi connectivity index (χ0n) is 15.5. The van der Waals surface area contributed by atoms with Crippen LogP contribution in [0.25, 0.3) is 0 Å². The van der Waals surface area contributed by atoms with Crippen LogP contribution in [-0.2, 0) is 17.8 Å². The largest absolute Gasteiger partial charge is 0.355 e. The predicted molar refractivity (Wildman–Crippen MR) is 106 cm³/mol. The minimum absolute atomic E-state index is 0.124. The lowest BCUT2D eigenvalue weighted by atomic mass is 10.2. The number of nitrogens with zero attached hydrogens (tertiary/aromatic N) is 3. The maximum atomic E-state index is 12.4. The Balaban J connectivity index is 1.50. The van der Waals surface area contributed by atoms with Crippen molar-refractivity contribution in [1.29, 1.82) is 0 Å². The first-order valence-corrected chi connectivity index (χ1v) is 9.03. The van der Waals surface area contributed by atoms with Crippen LogP contribution in [0.1, 0.15) is 17.5 Å². The Morgan fingerprint density at radius 1 is 1.15 bits per heavy atom. The van der Waals surface area contributed by atoms with Gasteiger partial charge in [-0.2, -0.15) is 0 Å². The molecule has 0 unspecified atom stereocenters. The molecule has 0 saturated heterocycles. The van der Waals surface area contributed by atoms with Crippen molar-refractivity contribution in [2.45, 2.75) is 19.4 Å². The molecule has 1 N–H and O–H groups in total. The van der Waals surface area contributed by atoms with Gasteiger partial charge in [0.1, 0.15) is 0 Å². The van der Waals surface area contributed by atoms with Gasteiger partial charge >= 0.3 is 0 Å². The van der Waals surface area contributed by atoms with Crippen molar-refractivity contribution in [3.8, 4) is 0 Å². The molecule has 5 heteroatoms. The lowest BCUT2D eigenvalue weighted by Gasteiger charge is -2.23. The lowest BCUT2D eigenvalue weighted by molar-refractivity contribution is -0.130.